The van der Waals surface area contributed by atoms with E-state index in [-0.39, 0.29) is 6.04 Å². The van der Waals surface area contributed by atoms with Crippen molar-refractivity contribution in [2.24, 2.45) is 11.8 Å². The molecule has 1 aromatic heterocycles. The number of hydrogen-bond donors (Lipinski definition) is 1. The molecule has 4 nitrogen and oxygen atoms in total. The van der Waals surface area contributed by atoms with E-state index in [1.54, 1.807) is 31.4 Å². The first-order valence-corrected chi connectivity index (χ1v) is 11.5. The third-order valence-electron chi connectivity index (χ3n) is 7.37. The van der Waals surface area contributed by atoms with Crippen LogP contribution in [0.4, 0.5) is 13.2 Å². The highest BCUT2D eigenvalue weighted by atomic mass is 19.4. The minimum atomic E-state index is -4.45. The van der Waals surface area contributed by atoms with Gasteiger partial charge in [-0.05, 0) is 73.2 Å². The summed E-state index contributed by atoms with van der Waals surface area (Å²) >= 11 is 0. The normalized spacial score (nSPS) is 25.3. The van der Waals surface area contributed by atoms with E-state index in [0.717, 1.165) is 43.5 Å². The van der Waals surface area contributed by atoms with Gasteiger partial charge in [-0.2, -0.15) is 13.2 Å². The first-order chi connectivity index (χ1) is 16.3. The molecule has 3 aliphatic heterocycles. The van der Waals surface area contributed by atoms with Gasteiger partial charge in [0.25, 0.3) is 0 Å². The summed E-state index contributed by atoms with van der Waals surface area (Å²) in [5.74, 6) is 1.53. The monoisotopic (exact) mass is 468 g/mol. The van der Waals surface area contributed by atoms with Crippen LogP contribution in [0.25, 0.3) is 22.2 Å². The molecular formula is C27H27F3N2O2. The van der Waals surface area contributed by atoms with Gasteiger partial charge in [0.2, 0.25) is 0 Å². The number of hydrogen-bond acceptors (Lipinski definition) is 4. The molecule has 0 spiro atoms. The second-order valence-corrected chi connectivity index (χ2v) is 9.25. The number of alkyl halides is 3. The van der Waals surface area contributed by atoms with E-state index in [9.17, 15) is 18.3 Å². The fourth-order valence-corrected chi connectivity index (χ4v) is 5.52. The highest BCUT2D eigenvalue weighted by Crippen LogP contribution is 2.43. The number of pyridine rings is 1. The molecule has 1 unspecified atom stereocenters. The summed E-state index contributed by atoms with van der Waals surface area (Å²) in [6.07, 6.45) is -1.31. The fraction of sp³-hybridized carbons (Fsp3) is 0.370. The topological polar surface area (TPSA) is 45.6 Å². The average molecular weight is 469 g/mol. The zero-order chi connectivity index (χ0) is 24.0. The van der Waals surface area contributed by atoms with Crippen LogP contribution in [0, 0.1) is 11.8 Å². The molecular weight excluding hydrogens is 441 g/mol. The predicted molar refractivity (Wildman–Crippen MR) is 125 cm³/mol. The van der Waals surface area contributed by atoms with Gasteiger partial charge in [-0.1, -0.05) is 18.2 Å². The number of methoxy groups -OCH3 is 1. The van der Waals surface area contributed by atoms with Crippen LogP contribution in [0.3, 0.4) is 0 Å². The largest absolute Gasteiger partial charge is 0.497 e. The molecule has 2 bridgehead atoms. The maximum absolute atomic E-state index is 13.3. The zero-order valence-electron chi connectivity index (χ0n) is 18.9. The number of rotatable bonds is 5. The van der Waals surface area contributed by atoms with Gasteiger partial charge >= 0.3 is 6.18 Å². The molecule has 3 aromatic rings. The molecule has 3 aliphatic rings. The molecule has 34 heavy (non-hydrogen) atoms. The Morgan fingerprint density at radius 3 is 2.71 bits per heavy atom. The minimum absolute atomic E-state index is 0.0684. The number of fused-ring (bicyclic) bond motifs is 4. The van der Waals surface area contributed by atoms with Crippen LogP contribution in [0.15, 0.2) is 61.2 Å². The quantitative estimate of drug-likeness (QED) is 0.477. The SMILES string of the molecule is C=C[C@H]1CN2CC[C@H]1C[C@H]2[C@H](O)c1cc(-c2cccc(C(F)(F)F)c2)nc2ccc(OC)cc12. The number of aliphatic hydroxyl groups excluding tert-OH is 1. The van der Waals surface area contributed by atoms with Crippen molar-refractivity contribution in [2.75, 3.05) is 20.2 Å². The molecule has 3 saturated heterocycles. The lowest BCUT2D eigenvalue weighted by Crippen LogP contribution is -2.54. The summed E-state index contributed by atoms with van der Waals surface area (Å²) in [5, 5.41) is 12.4. The Kier molecular flexibility index (Phi) is 5.86. The molecule has 5 atom stereocenters. The van der Waals surface area contributed by atoms with Gasteiger partial charge in [0, 0.05) is 23.5 Å². The van der Waals surface area contributed by atoms with Crippen molar-refractivity contribution in [3.05, 3.63) is 72.3 Å². The second kappa shape index (κ2) is 8.71. The highest BCUT2D eigenvalue weighted by Gasteiger charge is 2.42. The Morgan fingerprint density at radius 2 is 2.03 bits per heavy atom. The number of piperidine rings is 3. The van der Waals surface area contributed by atoms with Crippen molar-refractivity contribution >= 4 is 10.9 Å². The molecule has 0 radical (unpaired) electrons. The lowest BCUT2D eigenvalue weighted by Gasteiger charge is -2.50. The van der Waals surface area contributed by atoms with Crippen LogP contribution in [0.2, 0.25) is 0 Å². The van der Waals surface area contributed by atoms with E-state index in [0.29, 0.717) is 39.9 Å². The van der Waals surface area contributed by atoms with Crippen LogP contribution in [0.1, 0.15) is 30.1 Å². The van der Waals surface area contributed by atoms with E-state index in [1.165, 1.54) is 6.07 Å². The number of aliphatic hydroxyl groups is 1. The highest BCUT2D eigenvalue weighted by molar-refractivity contribution is 5.87. The van der Waals surface area contributed by atoms with Gasteiger partial charge in [0.1, 0.15) is 5.75 Å². The Bertz CT molecular complexity index is 1230. The van der Waals surface area contributed by atoms with Gasteiger partial charge in [-0.15, -0.1) is 6.58 Å². The zero-order valence-corrected chi connectivity index (χ0v) is 18.9. The third kappa shape index (κ3) is 4.07. The van der Waals surface area contributed by atoms with Crippen molar-refractivity contribution in [1.29, 1.82) is 0 Å². The van der Waals surface area contributed by atoms with E-state index in [2.05, 4.69) is 16.5 Å². The molecule has 178 valence electrons. The Labute approximate surface area is 196 Å². The van der Waals surface area contributed by atoms with Crippen LogP contribution >= 0.6 is 0 Å². The summed E-state index contributed by atoms with van der Waals surface area (Å²) in [6, 6.07) is 12.2. The van der Waals surface area contributed by atoms with Gasteiger partial charge < -0.3 is 9.84 Å². The van der Waals surface area contributed by atoms with E-state index < -0.39 is 17.8 Å². The molecule has 0 aliphatic carbocycles. The average Bonchev–Trinajstić information content (AvgIpc) is 2.87. The van der Waals surface area contributed by atoms with Crippen LogP contribution < -0.4 is 4.74 Å². The summed E-state index contributed by atoms with van der Waals surface area (Å²) in [7, 11) is 1.57. The van der Waals surface area contributed by atoms with Gasteiger partial charge in [0.15, 0.2) is 0 Å². The van der Waals surface area contributed by atoms with Gasteiger partial charge in [-0.3, -0.25) is 4.90 Å². The van der Waals surface area contributed by atoms with Crippen LogP contribution in [-0.4, -0.2) is 41.2 Å². The van der Waals surface area contributed by atoms with Crippen LogP contribution in [-0.2, 0) is 6.18 Å². The lowest BCUT2D eigenvalue weighted by atomic mass is 9.73. The first kappa shape index (κ1) is 22.9. The molecule has 6 rings (SSSR count). The number of nitrogens with zero attached hydrogens (tertiary/aromatic N) is 2. The van der Waals surface area contributed by atoms with Crippen molar-refractivity contribution < 1.29 is 23.0 Å². The molecule has 2 aromatic carbocycles. The smallest absolute Gasteiger partial charge is 0.416 e. The molecule has 3 fully saturated rings. The lowest BCUT2D eigenvalue weighted by molar-refractivity contribution is -0.137. The first-order valence-electron chi connectivity index (χ1n) is 11.5. The second-order valence-electron chi connectivity index (χ2n) is 9.25. The molecule has 0 saturated carbocycles. The fourth-order valence-electron chi connectivity index (χ4n) is 5.52. The van der Waals surface area contributed by atoms with Crippen LogP contribution in [0.5, 0.6) is 5.75 Å². The van der Waals surface area contributed by atoms with E-state index >= 15 is 0 Å². The van der Waals surface area contributed by atoms with Crippen molar-refractivity contribution in [3.8, 4) is 17.0 Å². The molecule has 0 amide bonds. The third-order valence-corrected chi connectivity index (χ3v) is 7.37. The van der Waals surface area contributed by atoms with Gasteiger partial charge in [-0.25, -0.2) is 4.98 Å². The minimum Gasteiger partial charge on any atom is -0.497 e. The Balaban J connectivity index is 1.61. The standard InChI is InChI=1S/C27H27F3N2O2/c1-3-16-15-32-10-9-17(16)12-25(32)26(33)22-14-24(18-5-4-6-19(11-18)27(28,29)30)31-23-8-7-20(34-2)13-21(22)23/h3-8,11,13-14,16-17,25-26,33H,1,9-10,12,15H2,2H3/t16-,17-,25-,26+/m0/s1. The number of ether oxygens (including phenoxy) is 1. The van der Waals surface area contributed by atoms with Gasteiger partial charge in [0.05, 0.1) is 30.0 Å². The molecule has 1 N–H and O–H groups in total. The van der Waals surface area contributed by atoms with Crippen molar-refractivity contribution in [1.82, 2.24) is 9.88 Å². The predicted octanol–water partition coefficient (Wildman–Crippen LogP) is 5.86. The van der Waals surface area contributed by atoms with Crippen molar-refractivity contribution in [3.63, 3.8) is 0 Å². The maximum Gasteiger partial charge on any atom is 0.416 e. The van der Waals surface area contributed by atoms with E-state index in [4.69, 9.17) is 4.74 Å². The number of halogens is 3. The maximum atomic E-state index is 13.3. The van der Waals surface area contributed by atoms with E-state index in [1.807, 2.05) is 12.1 Å². The number of aromatic nitrogens is 1. The number of benzene rings is 2. The summed E-state index contributed by atoms with van der Waals surface area (Å²) < 4.78 is 45.4. The Morgan fingerprint density at radius 1 is 1.21 bits per heavy atom. The molecule has 7 heteroatoms. The molecule has 4 heterocycles. The van der Waals surface area contributed by atoms with Crippen molar-refractivity contribution in [2.45, 2.75) is 31.2 Å². The summed E-state index contributed by atoms with van der Waals surface area (Å²) in [6.45, 7) is 5.75. The summed E-state index contributed by atoms with van der Waals surface area (Å²) in [4.78, 5) is 6.96. The summed E-state index contributed by atoms with van der Waals surface area (Å²) in [5.41, 5.74) is 1.29. The Hall–Kier alpha value is -2.90.